The summed E-state index contributed by atoms with van der Waals surface area (Å²) in [4.78, 5) is 27.7. The lowest BCUT2D eigenvalue weighted by Gasteiger charge is -2.32. The number of nitrogens with one attached hydrogen (secondary N) is 1. The largest absolute Gasteiger partial charge is 0.352 e. The summed E-state index contributed by atoms with van der Waals surface area (Å²) in [5, 5.41) is 3.34. The van der Waals surface area contributed by atoms with Crippen LogP contribution in [0.4, 0.5) is 10.1 Å². The van der Waals surface area contributed by atoms with Crippen molar-refractivity contribution in [2.24, 2.45) is 0 Å². The molecule has 0 radical (unpaired) electrons. The van der Waals surface area contributed by atoms with Crippen LogP contribution in [0.3, 0.4) is 0 Å². The van der Waals surface area contributed by atoms with Crippen molar-refractivity contribution in [3.05, 3.63) is 64.9 Å². The molecule has 0 aliphatic carbocycles. The van der Waals surface area contributed by atoms with E-state index >= 15 is 0 Å². The van der Waals surface area contributed by atoms with Gasteiger partial charge in [0.1, 0.15) is 11.9 Å². The van der Waals surface area contributed by atoms with Gasteiger partial charge in [0.25, 0.3) is 0 Å². The SMILES string of the molecule is CC[C@H](C(=O)NC(C)C)N(Cc1ccccc1Cl)C(=O)CCCN(c1ccccc1F)S(C)(=O)=O. The summed E-state index contributed by atoms with van der Waals surface area (Å²) in [7, 11) is -3.77. The molecule has 0 fully saturated rings. The van der Waals surface area contributed by atoms with Crippen molar-refractivity contribution in [3.63, 3.8) is 0 Å². The number of sulfonamides is 1. The molecule has 192 valence electrons. The zero-order chi connectivity index (χ0) is 26.2. The van der Waals surface area contributed by atoms with Gasteiger partial charge in [0, 0.05) is 30.6 Å². The summed E-state index contributed by atoms with van der Waals surface area (Å²) in [6, 6.07) is 11.9. The molecule has 0 spiro atoms. The standard InChI is InChI=1S/C25H33ClFN3O4S/c1-5-22(25(32)28-18(2)3)29(17-19-11-6-7-12-20(19)26)24(31)15-10-16-30(35(4,33)34)23-14-9-8-13-21(23)27/h6-9,11-14,18,22H,5,10,15-17H2,1-4H3,(H,28,32)/t22-/m1/s1. The molecule has 0 heterocycles. The van der Waals surface area contributed by atoms with Crippen molar-refractivity contribution >= 4 is 39.1 Å². The van der Waals surface area contributed by atoms with Gasteiger partial charge in [0.2, 0.25) is 21.8 Å². The Balaban J connectivity index is 2.24. The minimum absolute atomic E-state index is 0.0314. The Morgan fingerprint density at radius 2 is 1.71 bits per heavy atom. The maximum Gasteiger partial charge on any atom is 0.243 e. The van der Waals surface area contributed by atoms with Crippen molar-refractivity contribution in [1.29, 1.82) is 0 Å². The van der Waals surface area contributed by atoms with Gasteiger partial charge in [-0.2, -0.15) is 0 Å². The molecular weight excluding hydrogens is 493 g/mol. The van der Waals surface area contributed by atoms with Gasteiger partial charge in [-0.25, -0.2) is 12.8 Å². The maximum absolute atomic E-state index is 14.3. The fourth-order valence-electron chi connectivity index (χ4n) is 3.75. The lowest BCUT2D eigenvalue weighted by molar-refractivity contribution is -0.141. The molecule has 0 aliphatic heterocycles. The number of amides is 2. The van der Waals surface area contributed by atoms with E-state index in [9.17, 15) is 22.4 Å². The molecule has 10 heteroatoms. The van der Waals surface area contributed by atoms with E-state index in [0.717, 1.165) is 10.6 Å². The van der Waals surface area contributed by atoms with Gasteiger partial charge in [-0.1, -0.05) is 48.9 Å². The first kappa shape index (κ1) is 28.6. The Morgan fingerprint density at radius 1 is 1.09 bits per heavy atom. The van der Waals surface area contributed by atoms with Gasteiger partial charge in [-0.05, 0) is 50.5 Å². The maximum atomic E-state index is 14.3. The summed E-state index contributed by atoms with van der Waals surface area (Å²) in [6.45, 7) is 5.55. The summed E-state index contributed by atoms with van der Waals surface area (Å²) in [5.41, 5.74) is 0.626. The Kier molecular flexibility index (Phi) is 10.5. The molecule has 2 rings (SSSR count). The topological polar surface area (TPSA) is 86.8 Å². The third-order valence-electron chi connectivity index (χ3n) is 5.39. The predicted molar refractivity (Wildman–Crippen MR) is 137 cm³/mol. The number of nitrogens with zero attached hydrogens (tertiary/aromatic N) is 2. The Labute approximate surface area is 212 Å². The summed E-state index contributed by atoms with van der Waals surface area (Å²) in [5.74, 6) is -1.26. The van der Waals surface area contributed by atoms with Crippen LogP contribution < -0.4 is 9.62 Å². The van der Waals surface area contributed by atoms with Gasteiger partial charge in [-0.3, -0.25) is 13.9 Å². The molecule has 0 unspecified atom stereocenters. The van der Waals surface area contributed by atoms with Crippen LogP contribution in [0.2, 0.25) is 5.02 Å². The molecule has 0 saturated carbocycles. The van der Waals surface area contributed by atoms with Crippen molar-refractivity contribution in [2.45, 2.75) is 58.7 Å². The van der Waals surface area contributed by atoms with Crippen LogP contribution in [0.15, 0.2) is 48.5 Å². The van der Waals surface area contributed by atoms with Gasteiger partial charge in [0.05, 0.1) is 11.9 Å². The van der Waals surface area contributed by atoms with Crippen LogP contribution in [0.5, 0.6) is 0 Å². The van der Waals surface area contributed by atoms with E-state index in [1.165, 1.54) is 23.1 Å². The Bertz CT molecular complexity index is 1130. The van der Waals surface area contributed by atoms with E-state index in [1.807, 2.05) is 20.8 Å². The number of halogens is 2. The number of carbonyl (C=O) groups excluding carboxylic acids is 2. The molecule has 0 aromatic heterocycles. The highest BCUT2D eigenvalue weighted by Crippen LogP contribution is 2.23. The van der Waals surface area contributed by atoms with Crippen molar-refractivity contribution in [3.8, 4) is 0 Å². The zero-order valence-corrected chi connectivity index (χ0v) is 22.1. The minimum Gasteiger partial charge on any atom is -0.352 e. The fraction of sp³-hybridized carbons (Fsp3) is 0.440. The van der Waals surface area contributed by atoms with Gasteiger partial charge >= 0.3 is 0 Å². The predicted octanol–water partition coefficient (Wildman–Crippen LogP) is 4.36. The number of hydrogen-bond acceptors (Lipinski definition) is 4. The van der Waals surface area contributed by atoms with Crippen LogP contribution in [-0.2, 0) is 26.2 Å². The first-order valence-electron chi connectivity index (χ1n) is 11.5. The van der Waals surface area contributed by atoms with E-state index in [4.69, 9.17) is 11.6 Å². The number of anilines is 1. The van der Waals surface area contributed by atoms with Gasteiger partial charge in [0.15, 0.2) is 0 Å². The van der Waals surface area contributed by atoms with Gasteiger partial charge in [-0.15, -0.1) is 0 Å². The number of benzene rings is 2. The van der Waals surface area contributed by atoms with E-state index in [0.29, 0.717) is 17.0 Å². The summed E-state index contributed by atoms with van der Waals surface area (Å²) in [6.07, 6.45) is 1.49. The monoisotopic (exact) mass is 525 g/mol. The van der Waals surface area contributed by atoms with Crippen LogP contribution in [0.1, 0.15) is 45.6 Å². The quantitative estimate of drug-likeness (QED) is 0.446. The minimum atomic E-state index is -3.77. The molecule has 0 bridgehead atoms. The molecule has 0 aliphatic rings. The highest BCUT2D eigenvalue weighted by Gasteiger charge is 2.29. The third kappa shape index (κ3) is 8.21. The average Bonchev–Trinajstić information content (AvgIpc) is 2.77. The first-order chi connectivity index (χ1) is 16.5. The van der Waals surface area contributed by atoms with E-state index < -0.39 is 21.9 Å². The van der Waals surface area contributed by atoms with Crippen molar-refractivity contribution in [2.75, 3.05) is 17.1 Å². The summed E-state index contributed by atoms with van der Waals surface area (Å²) < 4.78 is 39.9. The Hall–Kier alpha value is -2.65. The van der Waals surface area contributed by atoms with Crippen molar-refractivity contribution < 1.29 is 22.4 Å². The van der Waals surface area contributed by atoms with E-state index in [1.54, 1.807) is 30.3 Å². The smallest absolute Gasteiger partial charge is 0.243 e. The Morgan fingerprint density at radius 3 is 2.29 bits per heavy atom. The van der Waals surface area contributed by atoms with Crippen LogP contribution in [-0.4, -0.2) is 50.0 Å². The molecule has 0 saturated heterocycles. The molecule has 7 nitrogen and oxygen atoms in total. The van der Waals surface area contributed by atoms with Crippen LogP contribution >= 0.6 is 11.6 Å². The lowest BCUT2D eigenvalue weighted by atomic mass is 10.1. The highest BCUT2D eigenvalue weighted by atomic mass is 35.5. The normalized spacial score (nSPS) is 12.3. The number of hydrogen-bond donors (Lipinski definition) is 1. The highest BCUT2D eigenvalue weighted by molar-refractivity contribution is 7.92. The second kappa shape index (κ2) is 12.9. The van der Waals surface area contributed by atoms with Gasteiger partial charge < -0.3 is 10.2 Å². The second-order valence-corrected chi connectivity index (χ2v) is 10.9. The molecule has 1 N–H and O–H groups in total. The van der Waals surface area contributed by atoms with Crippen LogP contribution in [0, 0.1) is 5.82 Å². The molecule has 2 aromatic carbocycles. The zero-order valence-electron chi connectivity index (χ0n) is 20.5. The second-order valence-electron chi connectivity index (χ2n) is 8.59. The molecule has 1 atom stereocenters. The molecule has 35 heavy (non-hydrogen) atoms. The molecule has 2 amide bonds. The van der Waals surface area contributed by atoms with Crippen LogP contribution in [0.25, 0.3) is 0 Å². The summed E-state index contributed by atoms with van der Waals surface area (Å²) >= 11 is 6.32. The fourth-order valence-corrected chi connectivity index (χ4v) is 4.91. The number of carbonyl (C=O) groups is 2. The first-order valence-corrected chi connectivity index (χ1v) is 13.7. The average molecular weight is 526 g/mol. The lowest BCUT2D eigenvalue weighted by Crippen LogP contribution is -2.50. The number of rotatable bonds is 12. The number of para-hydroxylation sites is 1. The van der Waals surface area contributed by atoms with Crippen molar-refractivity contribution in [1.82, 2.24) is 10.2 Å². The molecule has 2 aromatic rings. The van der Waals surface area contributed by atoms with E-state index in [-0.39, 0.29) is 49.5 Å². The third-order valence-corrected chi connectivity index (χ3v) is 6.94. The molecular formula is C25H33ClFN3O4S. The van der Waals surface area contributed by atoms with E-state index in [2.05, 4.69) is 5.32 Å².